The molecule has 0 spiro atoms. The van der Waals surface area contributed by atoms with Crippen molar-refractivity contribution in [3.05, 3.63) is 22.2 Å². The second-order valence-corrected chi connectivity index (χ2v) is 7.45. The highest BCUT2D eigenvalue weighted by Crippen LogP contribution is 2.41. The molecule has 2 saturated carbocycles. The van der Waals surface area contributed by atoms with Crippen molar-refractivity contribution in [2.75, 3.05) is 11.9 Å². The Kier molecular flexibility index (Phi) is 3.92. The van der Waals surface area contributed by atoms with E-state index in [1.54, 1.807) is 6.07 Å². The molecule has 0 amide bonds. The molecule has 4 rings (SSSR count). The Hall–Kier alpha value is -1.01. The smallest absolute Gasteiger partial charge is 0.204 e. The van der Waals surface area contributed by atoms with Gasteiger partial charge in [0.25, 0.3) is 0 Å². The Labute approximate surface area is 144 Å². The van der Waals surface area contributed by atoms with Crippen molar-refractivity contribution in [2.24, 2.45) is 5.92 Å². The number of benzene rings is 1. The van der Waals surface area contributed by atoms with E-state index in [0.29, 0.717) is 22.5 Å². The number of aliphatic hydroxyl groups excluding tert-OH is 2. The van der Waals surface area contributed by atoms with Crippen LogP contribution < -0.4 is 5.32 Å². The standard InChI is InChI=1S/C16H19Cl2N3O2/c17-10-5-12-13(6-11(10)18)21(16(20-12)19-9-1-2-9)14-3-8(7-22)4-15(14)23/h5-6,8-9,14-15,22-23H,1-4,7H2,(H,19,20)/t8-,14+,15+/m0/s1. The van der Waals surface area contributed by atoms with Gasteiger partial charge in [-0.05, 0) is 43.7 Å². The van der Waals surface area contributed by atoms with E-state index in [1.165, 1.54) is 0 Å². The molecule has 2 fully saturated rings. The first-order valence-electron chi connectivity index (χ1n) is 7.99. The molecule has 0 saturated heterocycles. The van der Waals surface area contributed by atoms with E-state index in [0.717, 1.165) is 36.2 Å². The SMILES string of the molecule is OC[C@@H]1C[C@@H](O)[C@H](n2c(NC3CC3)nc3cc(Cl)c(Cl)cc32)C1. The lowest BCUT2D eigenvalue weighted by atomic mass is 10.1. The fraction of sp³-hybridized carbons (Fsp3) is 0.562. The van der Waals surface area contributed by atoms with Crippen molar-refractivity contribution in [1.82, 2.24) is 9.55 Å². The summed E-state index contributed by atoms with van der Waals surface area (Å²) in [6, 6.07) is 3.90. The number of nitrogens with one attached hydrogen (secondary N) is 1. The number of halogens is 2. The van der Waals surface area contributed by atoms with Crippen LogP contribution in [0.3, 0.4) is 0 Å². The molecule has 124 valence electrons. The molecule has 0 aliphatic heterocycles. The lowest BCUT2D eigenvalue weighted by Gasteiger charge is -2.20. The van der Waals surface area contributed by atoms with Gasteiger partial charge in [-0.25, -0.2) is 4.98 Å². The molecule has 23 heavy (non-hydrogen) atoms. The van der Waals surface area contributed by atoms with E-state index in [1.807, 2.05) is 10.6 Å². The normalized spacial score (nSPS) is 27.7. The summed E-state index contributed by atoms with van der Waals surface area (Å²) in [6.07, 6.45) is 3.10. The average Bonchev–Trinajstić information content (AvgIpc) is 3.16. The molecule has 7 heteroatoms. The van der Waals surface area contributed by atoms with Crippen molar-refractivity contribution in [3.63, 3.8) is 0 Å². The second-order valence-electron chi connectivity index (χ2n) is 6.63. The molecule has 3 atom stereocenters. The number of nitrogens with zero attached hydrogens (tertiary/aromatic N) is 2. The fourth-order valence-corrected chi connectivity index (χ4v) is 3.77. The van der Waals surface area contributed by atoms with Crippen molar-refractivity contribution in [3.8, 4) is 0 Å². The van der Waals surface area contributed by atoms with Crippen LogP contribution in [0.25, 0.3) is 11.0 Å². The largest absolute Gasteiger partial charge is 0.396 e. The molecular weight excluding hydrogens is 337 g/mol. The molecule has 1 aromatic carbocycles. The van der Waals surface area contributed by atoms with Crippen LogP contribution >= 0.6 is 23.2 Å². The van der Waals surface area contributed by atoms with Crippen LogP contribution in [0.15, 0.2) is 12.1 Å². The van der Waals surface area contributed by atoms with Gasteiger partial charge in [0.1, 0.15) is 0 Å². The van der Waals surface area contributed by atoms with E-state index in [4.69, 9.17) is 23.2 Å². The lowest BCUT2D eigenvalue weighted by Crippen LogP contribution is -2.21. The summed E-state index contributed by atoms with van der Waals surface area (Å²) >= 11 is 12.3. The predicted octanol–water partition coefficient (Wildman–Crippen LogP) is 3.22. The summed E-state index contributed by atoms with van der Waals surface area (Å²) in [4.78, 5) is 4.66. The van der Waals surface area contributed by atoms with Gasteiger partial charge < -0.3 is 20.1 Å². The molecule has 0 bridgehead atoms. The minimum absolute atomic E-state index is 0.0954. The van der Waals surface area contributed by atoms with Gasteiger partial charge >= 0.3 is 0 Å². The van der Waals surface area contributed by atoms with E-state index in [9.17, 15) is 10.2 Å². The summed E-state index contributed by atoms with van der Waals surface area (Å²) < 4.78 is 2.04. The Bertz CT molecular complexity index is 744. The van der Waals surface area contributed by atoms with Crippen LogP contribution in [0, 0.1) is 5.92 Å². The third-order valence-corrected chi connectivity index (χ3v) is 5.55. The lowest BCUT2D eigenvalue weighted by molar-refractivity contribution is 0.133. The van der Waals surface area contributed by atoms with Crippen LogP contribution in [0.2, 0.25) is 10.0 Å². The highest BCUT2D eigenvalue weighted by Gasteiger charge is 2.37. The van der Waals surface area contributed by atoms with Gasteiger partial charge in [0.15, 0.2) is 0 Å². The van der Waals surface area contributed by atoms with E-state index >= 15 is 0 Å². The summed E-state index contributed by atoms with van der Waals surface area (Å²) in [5.41, 5.74) is 1.63. The first kappa shape index (κ1) is 15.5. The molecule has 5 nitrogen and oxygen atoms in total. The summed E-state index contributed by atoms with van der Waals surface area (Å²) in [5.74, 6) is 0.868. The van der Waals surface area contributed by atoms with Gasteiger partial charge in [0, 0.05) is 12.6 Å². The van der Waals surface area contributed by atoms with Crippen LogP contribution in [-0.2, 0) is 0 Å². The maximum atomic E-state index is 10.5. The zero-order valence-corrected chi connectivity index (χ0v) is 14.1. The molecule has 0 radical (unpaired) electrons. The highest BCUT2D eigenvalue weighted by molar-refractivity contribution is 6.42. The first-order chi connectivity index (χ1) is 11.1. The monoisotopic (exact) mass is 355 g/mol. The van der Waals surface area contributed by atoms with E-state index in [2.05, 4.69) is 10.3 Å². The number of hydrogen-bond donors (Lipinski definition) is 3. The Morgan fingerprint density at radius 1 is 1.22 bits per heavy atom. The van der Waals surface area contributed by atoms with E-state index in [-0.39, 0.29) is 18.6 Å². The maximum absolute atomic E-state index is 10.5. The number of aromatic nitrogens is 2. The van der Waals surface area contributed by atoms with Crippen LogP contribution in [-0.4, -0.2) is 38.5 Å². The Morgan fingerprint density at radius 3 is 2.61 bits per heavy atom. The van der Waals surface area contributed by atoms with Gasteiger partial charge in [-0.2, -0.15) is 0 Å². The van der Waals surface area contributed by atoms with Crippen LogP contribution in [0.1, 0.15) is 31.7 Å². The Balaban J connectivity index is 1.82. The number of fused-ring (bicyclic) bond motifs is 1. The molecule has 2 aliphatic rings. The molecule has 1 heterocycles. The minimum Gasteiger partial charge on any atom is -0.396 e. The van der Waals surface area contributed by atoms with Gasteiger partial charge in [0.2, 0.25) is 5.95 Å². The summed E-state index contributed by atoms with van der Waals surface area (Å²) in [7, 11) is 0. The summed E-state index contributed by atoms with van der Waals surface area (Å²) in [6.45, 7) is 0.0954. The van der Waals surface area contributed by atoms with Crippen molar-refractivity contribution < 1.29 is 10.2 Å². The molecule has 1 aromatic heterocycles. The molecule has 2 aliphatic carbocycles. The number of hydrogen-bond acceptors (Lipinski definition) is 4. The number of rotatable bonds is 4. The molecule has 3 N–H and O–H groups in total. The third-order valence-electron chi connectivity index (χ3n) is 4.83. The number of aliphatic hydroxyl groups is 2. The second kappa shape index (κ2) is 5.81. The Morgan fingerprint density at radius 2 is 1.96 bits per heavy atom. The van der Waals surface area contributed by atoms with Crippen molar-refractivity contribution in [2.45, 2.75) is 43.9 Å². The average molecular weight is 356 g/mol. The van der Waals surface area contributed by atoms with E-state index < -0.39 is 6.10 Å². The maximum Gasteiger partial charge on any atom is 0.204 e. The first-order valence-corrected chi connectivity index (χ1v) is 8.75. The topological polar surface area (TPSA) is 70.3 Å². The van der Waals surface area contributed by atoms with Crippen LogP contribution in [0.5, 0.6) is 0 Å². The van der Waals surface area contributed by atoms with Gasteiger partial charge in [-0.3, -0.25) is 0 Å². The number of imidazole rings is 1. The minimum atomic E-state index is -0.501. The number of anilines is 1. The van der Waals surface area contributed by atoms with Crippen molar-refractivity contribution in [1.29, 1.82) is 0 Å². The third kappa shape index (κ3) is 2.80. The fourth-order valence-electron chi connectivity index (χ4n) is 3.46. The van der Waals surface area contributed by atoms with Gasteiger partial charge in [-0.15, -0.1) is 0 Å². The zero-order valence-electron chi connectivity index (χ0n) is 12.5. The molecule has 2 aromatic rings. The van der Waals surface area contributed by atoms with Crippen molar-refractivity contribution >= 4 is 40.2 Å². The molecule has 0 unspecified atom stereocenters. The highest BCUT2D eigenvalue weighted by atomic mass is 35.5. The quantitative estimate of drug-likeness (QED) is 0.787. The van der Waals surface area contributed by atoms with Gasteiger partial charge in [-0.1, -0.05) is 23.2 Å². The summed E-state index contributed by atoms with van der Waals surface area (Å²) in [5, 5.41) is 24.3. The van der Waals surface area contributed by atoms with Crippen LogP contribution in [0.4, 0.5) is 5.95 Å². The zero-order chi connectivity index (χ0) is 16.1. The molecular formula is C16H19Cl2N3O2. The van der Waals surface area contributed by atoms with Gasteiger partial charge in [0.05, 0.1) is 33.2 Å². The predicted molar refractivity (Wildman–Crippen MR) is 91.3 cm³/mol.